The summed E-state index contributed by atoms with van der Waals surface area (Å²) in [6, 6.07) is 72.2. The molecule has 0 saturated heterocycles. The predicted octanol–water partition coefficient (Wildman–Crippen LogP) is 14.6. The Morgan fingerprint density at radius 1 is 0.304 bits per heavy atom. The Morgan fingerprint density at radius 2 is 0.964 bits per heavy atom. The van der Waals surface area contributed by atoms with Gasteiger partial charge in [-0.05, 0) is 130 Å². The highest BCUT2D eigenvalue weighted by Crippen LogP contribution is 2.64. The van der Waals surface area contributed by atoms with Crippen LogP contribution in [-0.2, 0) is 5.41 Å². The van der Waals surface area contributed by atoms with E-state index in [-0.39, 0.29) is 0 Å². The van der Waals surface area contributed by atoms with Crippen LogP contribution in [0.3, 0.4) is 0 Å². The van der Waals surface area contributed by atoms with Crippen molar-refractivity contribution in [2.45, 2.75) is 5.41 Å². The van der Waals surface area contributed by atoms with Crippen molar-refractivity contribution in [3.05, 3.63) is 216 Å². The molecule has 2 aliphatic carbocycles. The van der Waals surface area contributed by atoms with Crippen LogP contribution in [0.2, 0.25) is 0 Å². The number of hydrogen-bond donors (Lipinski definition) is 0. The van der Waals surface area contributed by atoms with Crippen molar-refractivity contribution in [2.24, 2.45) is 0 Å². The van der Waals surface area contributed by atoms with E-state index in [2.05, 4.69) is 194 Å². The molecule has 0 atom stereocenters. The maximum Gasteiger partial charge on any atom is 0.135 e. The molecule has 0 aromatic heterocycles. The van der Waals surface area contributed by atoms with Crippen molar-refractivity contribution in [2.75, 3.05) is 0 Å². The molecule has 3 aliphatic rings. The molecule has 0 radical (unpaired) electrons. The van der Waals surface area contributed by atoms with Crippen molar-refractivity contribution in [3.63, 3.8) is 0 Å². The van der Waals surface area contributed by atoms with Crippen LogP contribution in [-0.4, -0.2) is 0 Å². The number of benzene rings is 10. The smallest absolute Gasteiger partial charge is 0.135 e. The first kappa shape index (κ1) is 30.1. The molecule has 1 heteroatoms. The largest absolute Gasteiger partial charge is 0.456 e. The number of hydrogen-bond acceptors (Lipinski definition) is 1. The van der Waals surface area contributed by atoms with Gasteiger partial charge in [-0.2, -0.15) is 0 Å². The molecule has 10 aromatic rings. The Bertz CT molecular complexity index is 3300. The van der Waals surface area contributed by atoms with Crippen LogP contribution < -0.4 is 4.74 Å². The van der Waals surface area contributed by atoms with Crippen molar-refractivity contribution in [1.29, 1.82) is 0 Å². The molecule has 258 valence electrons. The van der Waals surface area contributed by atoms with Crippen LogP contribution in [0.5, 0.6) is 11.5 Å². The van der Waals surface area contributed by atoms with Crippen LogP contribution in [0.1, 0.15) is 22.3 Å². The minimum atomic E-state index is -0.455. The fourth-order valence-electron chi connectivity index (χ4n) is 10.5. The monoisotopic (exact) mass is 708 g/mol. The zero-order valence-electron chi connectivity index (χ0n) is 30.4. The van der Waals surface area contributed by atoms with E-state index in [4.69, 9.17) is 4.74 Å². The van der Waals surface area contributed by atoms with Gasteiger partial charge in [0.25, 0.3) is 0 Å². The first-order valence-corrected chi connectivity index (χ1v) is 19.5. The van der Waals surface area contributed by atoms with E-state index in [1.807, 2.05) is 0 Å². The van der Waals surface area contributed by atoms with Gasteiger partial charge in [0, 0.05) is 10.9 Å². The summed E-state index contributed by atoms with van der Waals surface area (Å²) in [7, 11) is 0. The molecule has 0 fully saturated rings. The molecule has 56 heavy (non-hydrogen) atoms. The summed E-state index contributed by atoms with van der Waals surface area (Å²) in [6.07, 6.45) is 0. The number of rotatable bonds is 2. The Hall–Kier alpha value is -7.22. The second kappa shape index (κ2) is 10.9. The van der Waals surface area contributed by atoms with Crippen molar-refractivity contribution in [3.8, 4) is 67.1 Å². The zero-order chi connectivity index (χ0) is 36.5. The van der Waals surface area contributed by atoms with Gasteiger partial charge in [0.2, 0.25) is 0 Å². The number of ether oxygens (including phenoxy) is 1. The molecule has 1 spiro atoms. The van der Waals surface area contributed by atoms with Gasteiger partial charge < -0.3 is 4.74 Å². The maximum atomic E-state index is 6.51. The molecule has 0 amide bonds. The summed E-state index contributed by atoms with van der Waals surface area (Å²) in [4.78, 5) is 0. The molecular formula is C55H32O. The molecule has 13 rings (SSSR count). The fraction of sp³-hybridized carbons (Fsp3) is 0.0182. The minimum Gasteiger partial charge on any atom is -0.456 e. The SMILES string of the molecule is c1ccc2c(c1)-c1ccccc1C21c2cc(-c3ccc4c(c3)-c3cccc5cccc(c35)O4)ccc2-c2c1ccc1c(-c3ccc4ccccc4c3)cccc21. The lowest BCUT2D eigenvalue weighted by molar-refractivity contribution is 0.487. The van der Waals surface area contributed by atoms with Crippen LogP contribution >= 0.6 is 0 Å². The second-order valence-electron chi connectivity index (χ2n) is 15.5. The van der Waals surface area contributed by atoms with Crippen LogP contribution in [0.25, 0.3) is 88.0 Å². The normalized spacial score (nSPS) is 13.6. The summed E-state index contributed by atoms with van der Waals surface area (Å²) in [5.41, 5.74) is 17.4. The van der Waals surface area contributed by atoms with Gasteiger partial charge >= 0.3 is 0 Å². The molecule has 1 heterocycles. The Labute approximate surface area is 324 Å². The van der Waals surface area contributed by atoms with Gasteiger partial charge in [-0.15, -0.1) is 0 Å². The molecule has 0 saturated carbocycles. The van der Waals surface area contributed by atoms with Gasteiger partial charge in [0.1, 0.15) is 11.5 Å². The fourth-order valence-corrected chi connectivity index (χ4v) is 10.5. The highest BCUT2D eigenvalue weighted by Gasteiger charge is 2.52. The third kappa shape index (κ3) is 3.84. The highest BCUT2D eigenvalue weighted by molar-refractivity contribution is 6.11. The van der Waals surface area contributed by atoms with E-state index in [0.717, 1.165) is 17.1 Å². The molecule has 0 unspecified atom stereocenters. The van der Waals surface area contributed by atoms with E-state index in [1.165, 1.54) is 105 Å². The summed E-state index contributed by atoms with van der Waals surface area (Å²) >= 11 is 0. The lowest BCUT2D eigenvalue weighted by Crippen LogP contribution is -2.25. The standard InChI is InChI=1S/C55H32O/c1-2-11-35-30-38(23-22-33(35)10-1)39-16-9-18-43-40(39)27-28-49-54(43)45-26-24-37(32-50(45)55(49)47-19-5-3-14-41(47)42-15-4-6-20-48(42)55)36-25-29-51-46(31-36)44-17-7-12-34-13-8-21-52(56-51)53(34)44/h1-32H. The van der Waals surface area contributed by atoms with E-state index in [1.54, 1.807) is 0 Å². The van der Waals surface area contributed by atoms with Gasteiger partial charge in [0.05, 0.1) is 5.41 Å². The highest BCUT2D eigenvalue weighted by atomic mass is 16.5. The topological polar surface area (TPSA) is 9.23 Å². The quantitative estimate of drug-likeness (QED) is 0.174. The first-order chi connectivity index (χ1) is 27.8. The summed E-state index contributed by atoms with van der Waals surface area (Å²) < 4.78 is 6.51. The van der Waals surface area contributed by atoms with E-state index in [9.17, 15) is 0 Å². The lowest BCUT2D eigenvalue weighted by Gasteiger charge is -2.31. The third-order valence-electron chi connectivity index (χ3n) is 12.9. The molecule has 1 nitrogen and oxygen atoms in total. The Balaban J connectivity index is 1.07. The maximum absolute atomic E-state index is 6.51. The number of fused-ring (bicyclic) bond motifs is 15. The predicted molar refractivity (Wildman–Crippen MR) is 232 cm³/mol. The van der Waals surface area contributed by atoms with Crippen LogP contribution in [0, 0.1) is 0 Å². The van der Waals surface area contributed by atoms with E-state index in [0.29, 0.717) is 0 Å². The van der Waals surface area contributed by atoms with E-state index >= 15 is 0 Å². The van der Waals surface area contributed by atoms with Gasteiger partial charge in [-0.25, -0.2) is 0 Å². The minimum absolute atomic E-state index is 0.455. The summed E-state index contributed by atoms with van der Waals surface area (Å²) in [5.74, 6) is 1.82. The Morgan fingerprint density at radius 3 is 1.82 bits per heavy atom. The molecule has 0 N–H and O–H groups in total. The summed E-state index contributed by atoms with van der Waals surface area (Å²) in [6.45, 7) is 0. The average molecular weight is 709 g/mol. The van der Waals surface area contributed by atoms with Crippen molar-refractivity contribution in [1.82, 2.24) is 0 Å². The van der Waals surface area contributed by atoms with Crippen LogP contribution in [0.15, 0.2) is 194 Å². The molecule has 0 bridgehead atoms. The average Bonchev–Trinajstić information content (AvgIpc) is 3.73. The van der Waals surface area contributed by atoms with Gasteiger partial charge in [0.15, 0.2) is 0 Å². The van der Waals surface area contributed by atoms with Crippen molar-refractivity contribution < 1.29 is 4.74 Å². The summed E-state index contributed by atoms with van der Waals surface area (Å²) in [5, 5.41) is 7.46. The van der Waals surface area contributed by atoms with Gasteiger partial charge in [-0.1, -0.05) is 164 Å². The van der Waals surface area contributed by atoms with Gasteiger partial charge in [-0.3, -0.25) is 0 Å². The lowest BCUT2D eigenvalue weighted by atomic mass is 9.70. The second-order valence-corrected chi connectivity index (χ2v) is 15.5. The first-order valence-electron chi connectivity index (χ1n) is 19.5. The zero-order valence-corrected chi connectivity index (χ0v) is 30.4. The Kier molecular flexibility index (Phi) is 5.89. The molecule has 1 aliphatic heterocycles. The third-order valence-corrected chi connectivity index (χ3v) is 12.9. The molecule has 10 aromatic carbocycles. The van der Waals surface area contributed by atoms with E-state index < -0.39 is 5.41 Å². The molecular weight excluding hydrogens is 677 g/mol. The van der Waals surface area contributed by atoms with Crippen molar-refractivity contribution >= 4 is 32.3 Å². The van der Waals surface area contributed by atoms with Crippen LogP contribution in [0.4, 0.5) is 0 Å².